The first kappa shape index (κ1) is 24.1. The predicted octanol–water partition coefficient (Wildman–Crippen LogP) is 8.02. The number of hydrogen-bond acceptors (Lipinski definition) is 1. The number of rotatable bonds is 20. The second-order valence-corrected chi connectivity index (χ2v) is 8.20. The lowest BCUT2D eigenvalue weighted by atomic mass is 10.0. The summed E-state index contributed by atoms with van der Waals surface area (Å²) in [6.45, 7) is 1.05. The monoisotopic (exact) mass is 389 g/mol. The second-order valence-electron chi connectivity index (χ2n) is 7.96. The maximum atomic E-state index is 4.75. The zero-order chi connectivity index (χ0) is 19.3. The third-order valence-electron chi connectivity index (χ3n) is 5.46. The van der Waals surface area contributed by atoms with Crippen molar-refractivity contribution in [3.63, 3.8) is 0 Å². The molecule has 2 heteroatoms. The molecule has 0 heterocycles. The van der Waals surface area contributed by atoms with Gasteiger partial charge >= 0.3 is 0 Å². The average molecular weight is 390 g/mol. The SMILES string of the molecule is S=CNCCCCCCCCCCCCCCCCCCc1ccccc1. The molecule has 0 amide bonds. The summed E-state index contributed by atoms with van der Waals surface area (Å²) in [5.74, 6) is 0. The summed E-state index contributed by atoms with van der Waals surface area (Å²) in [5, 5.41) is 3.10. The number of unbranched alkanes of at least 4 members (excludes halogenated alkanes) is 15. The Morgan fingerprint density at radius 1 is 0.556 bits per heavy atom. The van der Waals surface area contributed by atoms with Crippen molar-refractivity contribution in [3.8, 4) is 0 Å². The molecule has 0 radical (unpaired) electrons. The Kier molecular flexibility index (Phi) is 17.8. The van der Waals surface area contributed by atoms with Crippen LogP contribution in [0.1, 0.15) is 108 Å². The smallest absolute Gasteiger partial charge is 0.0614 e. The van der Waals surface area contributed by atoms with E-state index in [1.54, 1.807) is 5.49 Å². The molecule has 1 N–H and O–H groups in total. The molecular weight excluding hydrogens is 346 g/mol. The van der Waals surface area contributed by atoms with Crippen molar-refractivity contribution in [2.24, 2.45) is 0 Å². The highest BCUT2D eigenvalue weighted by molar-refractivity contribution is 7.78. The molecule has 0 bridgehead atoms. The first-order valence-electron chi connectivity index (χ1n) is 11.6. The summed E-state index contributed by atoms with van der Waals surface area (Å²) in [7, 11) is 0. The van der Waals surface area contributed by atoms with Gasteiger partial charge in [0.05, 0.1) is 5.49 Å². The van der Waals surface area contributed by atoms with Crippen LogP contribution in [-0.4, -0.2) is 12.0 Å². The van der Waals surface area contributed by atoms with Crippen molar-refractivity contribution < 1.29 is 0 Å². The van der Waals surface area contributed by atoms with Crippen molar-refractivity contribution in [1.82, 2.24) is 5.32 Å². The molecule has 1 rings (SSSR count). The van der Waals surface area contributed by atoms with Crippen molar-refractivity contribution >= 4 is 17.7 Å². The third kappa shape index (κ3) is 17.0. The van der Waals surface area contributed by atoms with E-state index in [1.165, 1.54) is 115 Å². The molecule has 0 saturated carbocycles. The highest BCUT2D eigenvalue weighted by Crippen LogP contribution is 2.14. The van der Waals surface area contributed by atoms with E-state index in [0.29, 0.717) is 0 Å². The fraction of sp³-hybridized carbons (Fsp3) is 0.720. The summed E-state index contributed by atoms with van der Waals surface area (Å²) in [6, 6.07) is 10.9. The highest BCUT2D eigenvalue weighted by atomic mass is 32.1. The molecule has 154 valence electrons. The van der Waals surface area contributed by atoms with E-state index in [9.17, 15) is 0 Å². The summed E-state index contributed by atoms with van der Waals surface area (Å²) >= 11 is 4.75. The van der Waals surface area contributed by atoms with Crippen molar-refractivity contribution in [2.45, 2.75) is 109 Å². The maximum Gasteiger partial charge on any atom is 0.0614 e. The first-order valence-corrected chi connectivity index (χ1v) is 12.1. The second kappa shape index (κ2) is 19.9. The number of aryl methyl sites for hydroxylation is 1. The Morgan fingerprint density at radius 2 is 0.963 bits per heavy atom. The Balaban J connectivity index is 1.68. The zero-order valence-electron chi connectivity index (χ0n) is 17.6. The van der Waals surface area contributed by atoms with E-state index < -0.39 is 0 Å². The van der Waals surface area contributed by atoms with Crippen LogP contribution in [0.15, 0.2) is 30.3 Å². The Morgan fingerprint density at radius 3 is 1.41 bits per heavy atom. The van der Waals surface area contributed by atoms with Gasteiger partial charge in [-0.25, -0.2) is 0 Å². The standard InChI is InChI=1S/C25H43NS/c27-24-26-23-19-14-12-10-8-6-4-2-1-3-5-7-9-11-13-16-20-25-21-17-15-18-22-25/h15,17-18,21-22,24H,1-14,16,19-20,23H2,(H,26,27). The molecule has 1 aromatic rings. The Bertz CT molecular complexity index is 418. The molecule has 0 spiro atoms. The lowest BCUT2D eigenvalue weighted by Crippen LogP contribution is -2.10. The van der Waals surface area contributed by atoms with E-state index in [4.69, 9.17) is 12.2 Å². The van der Waals surface area contributed by atoms with Gasteiger partial charge in [-0.05, 0) is 24.8 Å². The van der Waals surface area contributed by atoms with Crippen LogP contribution in [0.5, 0.6) is 0 Å². The minimum absolute atomic E-state index is 1.05. The van der Waals surface area contributed by atoms with Gasteiger partial charge in [0, 0.05) is 6.54 Å². The van der Waals surface area contributed by atoms with Gasteiger partial charge in [0.15, 0.2) is 0 Å². The van der Waals surface area contributed by atoms with Crippen LogP contribution in [0, 0.1) is 0 Å². The summed E-state index contributed by atoms with van der Waals surface area (Å²) in [6.07, 6.45) is 23.9. The summed E-state index contributed by atoms with van der Waals surface area (Å²) in [5.41, 5.74) is 3.13. The van der Waals surface area contributed by atoms with E-state index in [0.717, 1.165) is 6.54 Å². The van der Waals surface area contributed by atoms with Crippen LogP contribution < -0.4 is 5.32 Å². The molecule has 0 atom stereocenters. The predicted molar refractivity (Wildman–Crippen MR) is 126 cm³/mol. The van der Waals surface area contributed by atoms with Crippen LogP contribution >= 0.6 is 12.2 Å². The van der Waals surface area contributed by atoms with Gasteiger partial charge in [-0.3, -0.25) is 0 Å². The first-order chi connectivity index (χ1) is 13.4. The molecule has 0 saturated heterocycles. The van der Waals surface area contributed by atoms with Gasteiger partial charge in [-0.1, -0.05) is 132 Å². The van der Waals surface area contributed by atoms with Crippen molar-refractivity contribution in [2.75, 3.05) is 6.54 Å². The minimum atomic E-state index is 1.05. The molecule has 1 aromatic carbocycles. The lowest BCUT2D eigenvalue weighted by Gasteiger charge is -2.04. The van der Waals surface area contributed by atoms with E-state index in [-0.39, 0.29) is 0 Å². The van der Waals surface area contributed by atoms with Gasteiger partial charge in [-0.15, -0.1) is 0 Å². The number of benzene rings is 1. The van der Waals surface area contributed by atoms with Crippen molar-refractivity contribution in [3.05, 3.63) is 35.9 Å². The highest BCUT2D eigenvalue weighted by Gasteiger charge is 1.96. The maximum absolute atomic E-state index is 4.75. The van der Waals surface area contributed by atoms with E-state index in [1.807, 2.05) is 0 Å². The fourth-order valence-corrected chi connectivity index (χ4v) is 3.85. The Labute approximate surface area is 174 Å². The molecule has 0 aliphatic rings. The van der Waals surface area contributed by atoms with Crippen molar-refractivity contribution in [1.29, 1.82) is 0 Å². The van der Waals surface area contributed by atoms with E-state index >= 15 is 0 Å². The van der Waals surface area contributed by atoms with Gasteiger partial charge in [0.1, 0.15) is 0 Å². The zero-order valence-corrected chi connectivity index (χ0v) is 18.4. The fourth-order valence-electron chi connectivity index (χ4n) is 3.73. The molecule has 1 nitrogen and oxygen atoms in total. The Hall–Kier alpha value is -0.890. The summed E-state index contributed by atoms with van der Waals surface area (Å²) in [4.78, 5) is 0. The molecule has 0 unspecified atom stereocenters. The molecular formula is C25H43NS. The lowest BCUT2D eigenvalue weighted by molar-refractivity contribution is 0.527. The van der Waals surface area contributed by atoms with Gasteiger partial charge in [0.2, 0.25) is 0 Å². The minimum Gasteiger partial charge on any atom is -0.382 e. The van der Waals surface area contributed by atoms with Gasteiger partial charge in [0.25, 0.3) is 0 Å². The van der Waals surface area contributed by atoms with Crippen LogP contribution in [0.3, 0.4) is 0 Å². The molecule has 0 aliphatic heterocycles. The van der Waals surface area contributed by atoms with Crippen LogP contribution in [0.25, 0.3) is 0 Å². The van der Waals surface area contributed by atoms with Gasteiger partial charge in [-0.2, -0.15) is 0 Å². The van der Waals surface area contributed by atoms with Crippen LogP contribution in [0.4, 0.5) is 0 Å². The molecule has 27 heavy (non-hydrogen) atoms. The normalized spacial score (nSPS) is 10.8. The average Bonchev–Trinajstić information content (AvgIpc) is 2.70. The molecule has 0 aromatic heterocycles. The quantitative estimate of drug-likeness (QED) is 0.179. The number of nitrogens with one attached hydrogen (secondary N) is 1. The van der Waals surface area contributed by atoms with E-state index in [2.05, 4.69) is 35.6 Å². The third-order valence-corrected chi connectivity index (χ3v) is 5.63. The van der Waals surface area contributed by atoms with Crippen LogP contribution in [-0.2, 0) is 6.42 Å². The number of hydrogen-bond donors (Lipinski definition) is 1. The topological polar surface area (TPSA) is 12.0 Å². The summed E-state index contributed by atoms with van der Waals surface area (Å²) < 4.78 is 0. The van der Waals surface area contributed by atoms with Crippen LogP contribution in [0.2, 0.25) is 0 Å². The molecule has 0 fully saturated rings. The van der Waals surface area contributed by atoms with Gasteiger partial charge < -0.3 is 5.32 Å². The number of thiocarbonyl (C=S) groups is 1. The molecule has 0 aliphatic carbocycles. The largest absolute Gasteiger partial charge is 0.382 e.